The molecule has 1 unspecified atom stereocenters. The molecule has 0 aliphatic carbocycles. The number of aliphatic hydroxyl groups is 1. The van der Waals surface area contributed by atoms with Crippen LogP contribution >= 0.6 is 0 Å². The van der Waals surface area contributed by atoms with E-state index in [2.05, 4.69) is 4.98 Å². The van der Waals surface area contributed by atoms with Gasteiger partial charge in [0, 0.05) is 23.0 Å². The van der Waals surface area contributed by atoms with Gasteiger partial charge in [-0.2, -0.15) is 0 Å². The van der Waals surface area contributed by atoms with E-state index in [1.165, 1.54) is 6.07 Å². The van der Waals surface area contributed by atoms with Crippen LogP contribution in [-0.4, -0.2) is 10.1 Å². The van der Waals surface area contributed by atoms with E-state index in [0.29, 0.717) is 5.56 Å². The quantitative estimate of drug-likeness (QED) is 0.838. The van der Waals surface area contributed by atoms with E-state index in [4.69, 9.17) is 0 Å². The molecule has 16 heavy (non-hydrogen) atoms. The van der Waals surface area contributed by atoms with Crippen molar-refractivity contribution >= 4 is 0 Å². The number of aromatic nitrogens is 1. The Kier molecular flexibility index (Phi) is 2.97. The Morgan fingerprint density at radius 3 is 2.56 bits per heavy atom. The van der Waals surface area contributed by atoms with Gasteiger partial charge in [-0.15, -0.1) is 0 Å². The van der Waals surface area contributed by atoms with Gasteiger partial charge in [0.15, 0.2) is 0 Å². The van der Waals surface area contributed by atoms with Crippen LogP contribution in [0.3, 0.4) is 0 Å². The average Bonchev–Trinajstić information content (AvgIpc) is 2.30. The molecule has 3 heteroatoms. The van der Waals surface area contributed by atoms with Crippen molar-refractivity contribution in [1.29, 1.82) is 0 Å². The molecule has 0 amide bonds. The lowest BCUT2D eigenvalue weighted by molar-refractivity contribution is 0.214. The Labute approximate surface area is 93.4 Å². The maximum atomic E-state index is 13.4. The van der Waals surface area contributed by atoms with Crippen molar-refractivity contribution in [1.82, 2.24) is 4.98 Å². The van der Waals surface area contributed by atoms with Crippen LogP contribution in [0.1, 0.15) is 22.9 Å². The normalized spacial score (nSPS) is 12.4. The summed E-state index contributed by atoms with van der Waals surface area (Å²) in [7, 11) is 0. The summed E-state index contributed by atoms with van der Waals surface area (Å²) in [5.74, 6) is -0.407. The predicted molar refractivity (Wildman–Crippen MR) is 59.4 cm³/mol. The molecule has 0 bridgehead atoms. The Balaban J connectivity index is 2.35. The van der Waals surface area contributed by atoms with E-state index in [9.17, 15) is 9.50 Å². The second-order valence-corrected chi connectivity index (χ2v) is 3.66. The van der Waals surface area contributed by atoms with E-state index >= 15 is 0 Å². The lowest BCUT2D eigenvalue weighted by Crippen LogP contribution is -2.03. The van der Waals surface area contributed by atoms with Crippen LogP contribution in [0.5, 0.6) is 0 Å². The number of pyridine rings is 1. The van der Waals surface area contributed by atoms with E-state index in [-0.39, 0.29) is 5.56 Å². The molecule has 82 valence electrons. The van der Waals surface area contributed by atoms with Crippen LogP contribution < -0.4 is 0 Å². The molecular weight excluding hydrogens is 205 g/mol. The molecule has 0 saturated heterocycles. The van der Waals surface area contributed by atoms with Gasteiger partial charge >= 0.3 is 0 Å². The smallest absolute Gasteiger partial charge is 0.129 e. The summed E-state index contributed by atoms with van der Waals surface area (Å²) in [4.78, 5) is 4.07. The number of benzene rings is 1. The number of hydrogen-bond donors (Lipinski definition) is 1. The van der Waals surface area contributed by atoms with Crippen LogP contribution in [0.2, 0.25) is 0 Å². The molecule has 0 spiro atoms. The van der Waals surface area contributed by atoms with Crippen LogP contribution in [0.25, 0.3) is 0 Å². The predicted octanol–water partition coefficient (Wildman–Crippen LogP) is 2.61. The summed E-state index contributed by atoms with van der Waals surface area (Å²) in [5, 5.41) is 9.98. The fourth-order valence-electron chi connectivity index (χ4n) is 1.52. The molecule has 0 saturated carbocycles. The molecule has 2 rings (SSSR count). The van der Waals surface area contributed by atoms with Gasteiger partial charge in [0.1, 0.15) is 11.9 Å². The lowest BCUT2D eigenvalue weighted by atomic mass is 10.0. The minimum Gasteiger partial charge on any atom is -0.383 e. The van der Waals surface area contributed by atoms with Crippen molar-refractivity contribution in [3.05, 3.63) is 65.2 Å². The van der Waals surface area contributed by atoms with Gasteiger partial charge in [0.2, 0.25) is 0 Å². The Bertz CT molecular complexity index is 482. The standard InChI is InChI=1S/C13H12FNO/c1-9-6-7-10(8-15-9)13(16)11-4-2-3-5-12(11)14/h2-8,13,16H,1H3. The summed E-state index contributed by atoms with van der Waals surface area (Å²) in [6, 6.07) is 9.74. The van der Waals surface area contributed by atoms with Gasteiger partial charge in [-0.3, -0.25) is 4.98 Å². The highest BCUT2D eigenvalue weighted by Crippen LogP contribution is 2.23. The maximum absolute atomic E-state index is 13.4. The first kappa shape index (κ1) is 10.8. The number of aliphatic hydroxyl groups excluding tert-OH is 1. The number of rotatable bonds is 2. The van der Waals surface area contributed by atoms with Crippen molar-refractivity contribution in [2.24, 2.45) is 0 Å². The van der Waals surface area contributed by atoms with Crippen molar-refractivity contribution in [2.45, 2.75) is 13.0 Å². The molecule has 2 aromatic rings. The monoisotopic (exact) mass is 217 g/mol. The van der Waals surface area contributed by atoms with Crippen LogP contribution in [0, 0.1) is 12.7 Å². The van der Waals surface area contributed by atoms with Gasteiger partial charge in [-0.1, -0.05) is 24.3 Å². The molecular formula is C13H12FNO. The SMILES string of the molecule is Cc1ccc(C(O)c2ccccc2F)cn1. The second kappa shape index (κ2) is 4.41. The van der Waals surface area contributed by atoms with E-state index in [1.807, 2.05) is 6.92 Å². The first-order valence-corrected chi connectivity index (χ1v) is 5.03. The molecule has 1 aromatic carbocycles. The number of aryl methyl sites for hydroxylation is 1. The highest BCUT2D eigenvalue weighted by Gasteiger charge is 2.14. The Morgan fingerprint density at radius 1 is 1.19 bits per heavy atom. The summed E-state index contributed by atoms with van der Waals surface area (Å²) >= 11 is 0. The number of nitrogens with zero attached hydrogens (tertiary/aromatic N) is 1. The van der Waals surface area contributed by atoms with E-state index in [1.54, 1.807) is 36.5 Å². The minimum absolute atomic E-state index is 0.271. The summed E-state index contributed by atoms with van der Waals surface area (Å²) in [5.41, 5.74) is 1.73. The number of hydrogen-bond acceptors (Lipinski definition) is 2. The molecule has 0 fully saturated rings. The zero-order chi connectivity index (χ0) is 11.5. The number of halogens is 1. The molecule has 1 aromatic heterocycles. The molecule has 2 nitrogen and oxygen atoms in total. The molecule has 0 aliphatic heterocycles. The van der Waals surface area contributed by atoms with Crippen LogP contribution in [0.15, 0.2) is 42.6 Å². The second-order valence-electron chi connectivity index (χ2n) is 3.66. The van der Waals surface area contributed by atoms with Gasteiger partial charge in [-0.25, -0.2) is 4.39 Å². The van der Waals surface area contributed by atoms with E-state index in [0.717, 1.165) is 5.69 Å². The molecule has 0 radical (unpaired) electrons. The van der Waals surface area contributed by atoms with Crippen molar-refractivity contribution in [3.63, 3.8) is 0 Å². The van der Waals surface area contributed by atoms with Gasteiger partial charge in [-0.05, 0) is 19.1 Å². The molecule has 1 heterocycles. The zero-order valence-corrected chi connectivity index (χ0v) is 8.89. The van der Waals surface area contributed by atoms with Gasteiger partial charge in [0.25, 0.3) is 0 Å². The first-order chi connectivity index (χ1) is 7.68. The fourth-order valence-corrected chi connectivity index (χ4v) is 1.52. The third-order valence-electron chi connectivity index (χ3n) is 2.45. The van der Waals surface area contributed by atoms with Crippen LogP contribution in [0.4, 0.5) is 4.39 Å². The highest BCUT2D eigenvalue weighted by atomic mass is 19.1. The first-order valence-electron chi connectivity index (χ1n) is 5.03. The summed E-state index contributed by atoms with van der Waals surface area (Å²) in [6.07, 6.45) is 0.598. The topological polar surface area (TPSA) is 33.1 Å². The largest absolute Gasteiger partial charge is 0.383 e. The van der Waals surface area contributed by atoms with Gasteiger partial charge in [0.05, 0.1) is 0 Å². The zero-order valence-electron chi connectivity index (χ0n) is 8.89. The average molecular weight is 217 g/mol. The minimum atomic E-state index is -0.964. The summed E-state index contributed by atoms with van der Waals surface area (Å²) in [6.45, 7) is 1.86. The molecule has 1 N–H and O–H groups in total. The molecule has 1 atom stereocenters. The van der Waals surface area contributed by atoms with Crippen molar-refractivity contribution < 1.29 is 9.50 Å². The lowest BCUT2D eigenvalue weighted by Gasteiger charge is -2.11. The highest BCUT2D eigenvalue weighted by molar-refractivity contribution is 5.29. The third-order valence-corrected chi connectivity index (χ3v) is 2.45. The van der Waals surface area contributed by atoms with E-state index < -0.39 is 11.9 Å². The fraction of sp³-hybridized carbons (Fsp3) is 0.154. The Hall–Kier alpha value is -1.74. The van der Waals surface area contributed by atoms with Crippen molar-refractivity contribution in [3.8, 4) is 0 Å². The van der Waals surface area contributed by atoms with Crippen LogP contribution in [-0.2, 0) is 0 Å². The molecule has 0 aliphatic rings. The van der Waals surface area contributed by atoms with Crippen molar-refractivity contribution in [2.75, 3.05) is 0 Å². The Morgan fingerprint density at radius 2 is 1.94 bits per heavy atom. The summed E-state index contributed by atoms with van der Waals surface area (Å²) < 4.78 is 13.4. The maximum Gasteiger partial charge on any atom is 0.129 e. The third kappa shape index (κ3) is 2.09. The van der Waals surface area contributed by atoms with Gasteiger partial charge < -0.3 is 5.11 Å².